The summed E-state index contributed by atoms with van der Waals surface area (Å²) < 4.78 is 5.21. The molecule has 0 unspecified atom stereocenters. The van der Waals surface area contributed by atoms with Crippen molar-refractivity contribution in [2.45, 2.75) is 6.54 Å². The SMILES string of the molecule is CNC(=O)c1noc(=O)n1CCO. The molecule has 7 heteroatoms. The van der Waals surface area contributed by atoms with Gasteiger partial charge >= 0.3 is 5.76 Å². The van der Waals surface area contributed by atoms with E-state index in [9.17, 15) is 9.59 Å². The highest BCUT2D eigenvalue weighted by atomic mass is 16.5. The first-order valence-corrected chi connectivity index (χ1v) is 3.60. The number of aliphatic hydroxyl groups excluding tert-OH is 1. The Morgan fingerprint density at radius 2 is 2.46 bits per heavy atom. The van der Waals surface area contributed by atoms with Crippen LogP contribution in [0.5, 0.6) is 0 Å². The third-order valence-electron chi connectivity index (χ3n) is 1.44. The molecule has 0 aromatic carbocycles. The summed E-state index contributed by atoms with van der Waals surface area (Å²) in [5.41, 5.74) is 0. The molecule has 2 N–H and O–H groups in total. The van der Waals surface area contributed by atoms with E-state index < -0.39 is 11.7 Å². The van der Waals surface area contributed by atoms with Crippen LogP contribution in [0.15, 0.2) is 9.32 Å². The highest BCUT2D eigenvalue weighted by Gasteiger charge is 2.16. The number of amides is 1. The minimum atomic E-state index is -0.757. The van der Waals surface area contributed by atoms with Crippen molar-refractivity contribution in [2.24, 2.45) is 0 Å². The standard InChI is InChI=1S/C6H9N3O4/c1-7-5(11)4-8-13-6(12)9(4)2-3-10/h10H,2-3H2,1H3,(H,7,11). The minimum absolute atomic E-state index is 0.00884. The van der Waals surface area contributed by atoms with Crippen molar-refractivity contribution in [1.82, 2.24) is 15.0 Å². The highest BCUT2D eigenvalue weighted by molar-refractivity contribution is 5.90. The van der Waals surface area contributed by atoms with Crippen molar-refractivity contribution in [3.63, 3.8) is 0 Å². The summed E-state index contributed by atoms with van der Waals surface area (Å²) in [6, 6.07) is 0. The molecular formula is C6H9N3O4. The zero-order chi connectivity index (χ0) is 9.84. The number of aliphatic hydroxyl groups is 1. The zero-order valence-electron chi connectivity index (χ0n) is 6.98. The first-order valence-electron chi connectivity index (χ1n) is 3.60. The Hall–Kier alpha value is -1.63. The van der Waals surface area contributed by atoms with Gasteiger partial charge in [0.15, 0.2) is 0 Å². The van der Waals surface area contributed by atoms with E-state index in [-0.39, 0.29) is 19.0 Å². The molecule has 72 valence electrons. The summed E-state index contributed by atoms with van der Waals surface area (Å²) in [4.78, 5) is 21.9. The predicted molar refractivity (Wildman–Crippen MR) is 41.2 cm³/mol. The molecule has 1 aromatic heterocycles. The van der Waals surface area contributed by atoms with Crippen molar-refractivity contribution < 1.29 is 14.4 Å². The zero-order valence-corrected chi connectivity index (χ0v) is 6.98. The number of hydrogen-bond donors (Lipinski definition) is 2. The van der Waals surface area contributed by atoms with Gasteiger partial charge in [-0.15, -0.1) is 0 Å². The maximum absolute atomic E-state index is 11.0. The number of carbonyl (C=O) groups is 1. The maximum Gasteiger partial charge on any atom is 0.442 e. The first-order chi connectivity index (χ1) is 6.20. The second-order valence-electron chi connectivity index (χ2n) is 2.23. The normalized spacial score (nSPS) is 10.0. The Morgan fingerprint density at radius 1 is 1.77 bits per heavy atom. The fourth-order valence-corrected chi connectivity index (χ4v) is 0.840. The van der Waals surface area contributed by atoms with Gasteiger partial charge < -0.3 is 10.4 Å². The van der Waals surface area contributed by atoms with E-state index in [2.05, 4.69) is 15.0 Å². The highest BCUT2D eigenvalue weighted by Crippen LogP contribution is 1.91. The van der Waals surface area contributed by atoms with Crippen LogP contribution in [-0.2, 0) is 6.54 Å². The molecule has 13 heavy (non-hydrogen) atoms. The summed E-state index contributed by atoms with van der Waals surface area (Å²) in [6.07, 6.45) is 0. The van der Waals surface area contributed by atoms with E-state index in [1.807, 2.05) is 0 Å². The van der Waals surface area contributed by atoms with E-state index >= 15 is 0 Å². The number of rotatable bonds is 3. The summed E-state index contributed by atoms with van der Waals surface area (Å²) in [5, 5.41) is 14.1. The third kappa shape index (κ3) is 1.75. The van der Waals surface area contributed by atoms with Crippen molar-refractivity contribution in [3.8, 4) is 0 Å². The van der Waals surface area contributed by atoms with Crippen LogP contribution in [0, 0.1) is 0 Å². The van der Waals surface area contributed by atoms with Crippen LogP contribution in [0.25, 0.3) is 0 Å². The van der Waals surface area contributed by atoms with Gasteiger partial charge in [-0.25, -0.2) is 9.36 Å². The number of nitrogens with one attached hydrogen (secondary N) is 1. The topological polar surface area (TPSA) is 97.4 Å². The van der Waals surface area contributed by atoms with Gasteiger partial charge in [-0.05, 0) is 5.16 Å². The van der Waals surface area contributed by atoms with Gasteiger partial charge in [0.25, 0.3) is 5.91 Å². The molecule has 0 aliphatic carbocycles. The largest absolute Gasteiger partial charge is 0.442 e. The lowest BCUT2D eigenvalue weighted by atomic mass is 10.5. The van der Waals surface area contributed by atoms with Crippen LogP contribution in [0.1, 0.15) is 10.6 Å². The Bertz CT molecular complexity index is 353. The van der Waals surface area contributed by atoms with Gasteiger partial charge in [-0.1, -0.05) is 0 Å². The summed E-state index contributed by atoms with van der Waals surface area (Å²) >= 11 is 0. The van der Waals surface area contributed by atoms with Gasteiger partial charge in [0.1, 0.15) is 0 Å². The molecular weight excluding hydrogens is 178 g/mol. The first kappa shape index (κ1) is 9.46. The van der Waals surface area contributed by atoms with Gasteiger partial charge in [0, 0.05) is 7.05 Å². The lowest BCUT2D eigenvalue weighted by Crippen LogP contribution is -2.27. The van der Waals surface area contributed by atoms with E-state index in [1.54, 1.807) is 0 Å². The molecule has 0 saturated heterocycles. The fraction of sp³-hybridized carbons (Fsp3) is 0.500. The Labute approximate surface area is 73.0 Å². The van der Waals surface area contributed by atoms with Crippen molar-refractivity contribution in [1.29, 1.82) is 0 Å². The Kier molecular flexibility index (Phi) is 2.80. The Balaban J connectivity index is 3.07. The third-order valence-corrected chi connectivity index (χ3v) is 1.44. The second kappa shape index (κ2) is 3.85. The van der Waals surface area contributed by atoms with E-state index in [0.717, 1.165) is 4.57 Å². The number of carbonyl (C=O) groups excluding carboxylic acids is 1. The Morgan fingerprint density at radius 3 is 3.00 bits per heavy atom. The lowest BCUT2D eigenvalue weighted by Gasteiger charge is -1.99. The molecule has 0 fully saturated rings. The van der Waals surface area contributed by atoms with E-state index in [0.29, 0.717) is 0 Å². The summed E-state index contributed by atoms with van der Waals surface area (Å²) in [5.74, 6) is -1.42. The quantitative estimate of drug-likeness (QED) is 0.581. The molecule has 0 saturated carbocycles. The van der Waals surface area contributed by atoms with Gasteiger partial charge in [0.05, 0.1) is 13.2 Å². The molecule has 0 bridgehead atoms. The minimum Gasteiger partial charge on any atom is -0.395 e. The average molecular weight is 187 g/mol. The van der Waals surface area contributed by atoms with Crippen molar-refractivity contribution in [3.05, 3.63) is 16.4 Å². The van der Waals surface area contributed by atoms with Crippen molar-refractivity contribution in [2.75, 3.05) is 13.7 Å². The molecule has 0 radical (unpaired) electrons. The molecule has 0 aliphatic rings. The van der Waals surface area contributed by atoms with Crippen molar-refractivity contribution >= 4 is 5.91 Å². The predicted octanol–water partition coefficient (Wildman–Crippen LogP) is -1.81. The molecule has 7 nitrogen and oxygen atoms in total. The van der Waals surface area contributed by atoms with Gasteiger partial charge in [-0.3, -0.25) is 9.32 Å². The average Bonchev–Trinajstić information content (AvgIpc) is 2.48. The lowest BCUT2D eigenvalue weighted by molar-refractivity contribution is 0.0944. The van der Waals surface area contributed by atoms with Crippen LogP contribution in [0.2, 0.25) is 0 Å². The van der Waals surface area contributed by atoms with Gasteiger partial charge in [-0.2, -0.15) is 0 Å². The van der Waals surface area contributed by atoms with Gasteiger partial charge in [0.2, 0.25) is 5.82 Å². The van der Waals surface area contributed by atoms with Crippen LogP contribution in [-0.4, -0.2) is 34.4 Å². The number of nitrogens with zero attached hydrogens (tertiary/aromatic N) is 2. The van der Waals surface area contributed by atoms with Crippen LogP contribution in [0.3, 0.4) is 0 Å². The summed E-state index contributed by atoms with van der Waals surface area (Å²) in [7, 11) is 1.41. The number of aromatic nitrogens is 2. The molecule has 0 atom stereocenters. The van der Waals surface area contributed by atoms with E-state index in [4.69, 9.17) is 5.11 Å². The fourth-order valence-electron chi connectivity index (χ4n) is 0.840. The molecule has 1 amide bonds. The summed E-state index contributed by atoms with van der Waals surface area (Å²) in [6.45, 7) is -0.268. The second-order valence-corrected chi connectivity index (χ2v) is 2.23. The van der Waals surface area contributed by atoms with Crippen LogP contribution < -0.4 is 11.1 Å². The molecule has 1 heterocycles. The van der Waals surface area contributed by atoms with Crippen LogP contribution in [0.4, 0.5) is 0 Å². The molecule has 0 spiro atoms. The smallest absolute Gasteiger partial charge is 0.395 e. The monoisotopic (exact) mass is 187 g/mol. The van der Waals surface area contributed by atoms with Crippen LogP contribution >= 0.6 is 0 Å². The maximum atomic E-state index is 11.0. The number of hydrogen-bond acceptors (Lipinski definition) is 5. The molecule has 0 aliphatic heterocycles. The van der Waals surface area contributed by atoms with E-state index in [1.165, 1.54) is 7.05 Å². The molecule has 1 rings (SSSR count). The molecule has 1 aromatic rings.